The van der Waals surface area contributed by atoms with E-state index in [2.05, 4.69) is 24.1 Å². The van der Waals surface area contributed by atoms with E-state index in [0.717, 1.165) is 38.5 Å². The molecule has 0 unspecified atom stereocenters. The fourth-order valence-electron chi connectivity index (χ4n) is 2.32. The minimum atomic E-state index is -0.167. The van der Waals surface area contributed by atoms with Crippen molar-refractivity contribution < 1.29 is 9.59 Å². The molecule has 0 radical (unpaired) electrons. The average molecular weight is 340 g/mol. The van der Waals surface area contributed by atoms with Crippen LogP contribution in [0, 0.1) is 0 Å². The van der Waals surface area contributed by atoms with Crippen LogP contribution in [0.2, 0.25) is 0 Å². The zero-order chi connectivity index (χ0) is 16.9. The normalized spacial score (nSPS) is 10.5. The summed E-state index contributed by atoms with van der Waals surface area (Å²) in [7, 11) is 0. The molecule has 0 aliphatic heterocycles. The summed E-state index contributed by atoms with van der Waals surface area (Å²) in [5.41, 5.74) is 0. The number of hydrogen-bond donors (Lipinski definition) is 1. The van der Waals surface area contributed by atoms with E-state index < -0.39 is 0 Å². The first-order valence-corrected chi connectivity index (χ1v) is 9.52. The Morgan fingerprint density at radius 1 is 1.13 bits per heavy atom. The zero-order valence-electron chi connectivity index (χ0n) is 14.3. The molecule has 0 spiro atoms. The van der Waals surface area contributed by atoms with E-state index in [1.54, 1.807) is 11.1 Å². The summed E-state index contributed by atoms with van der Waals surface area (Å²) >= 11 is 1.38. The predicted molar refractivity (Wildman–Crippen MR) is 95.6 cm³/mol. The molecule has 0 saturated heterocycles. The van der Waals surface area contributed by atoms with Gasteiger partial charge in [-0.1, -0.05) is 46.0 Å². The van der Waals surface area contributed by atoms with Crippen molar-refractivity contribution in [2.24, 2.45) is 0 Å². The largest absolute Gasteiger partial charge is 0.333 e. The fourth-order valence-corrected chi connectivity index (χ4v) is 2.87. The Hall–Kier alpha value is -1.43. The second-order valence-corrected chi connectivity index (χ2v) is 6.61. The van der Waals surface area contributed by atoms with Crippen molar-refractivity contribution >= 4 is 28.3 Å². The van der Waals surface area contributed by atoms with E-state index >= 15 is 0 Å². The molecule has 1 heterocycles. The summed E-state index contributed by atoms with van der Waals surface area (Å²) in [5.74, 6) is -0.0801. The summed E-state index contributed by atoms with van der Waals surface area (Å²) in [4.78, 5) is 30.2. The molecule has 0 aromatic carbocycles. The van der Waals surface area contributed by atoms with Crippen molar-refractivity contribution in [3.05, 3.63) is 11.6 Å². The highest BCUT2D eigenvalue weighted by Crippen LogP contribution is 2.11. The molecule has 0 aliphatic rings. The van der Waals surface area contributed by atoms with E-state index in [1.807, 2.05) is 5.38 Å². The number of nitrogens with one attached hydrogen (secondary N) is 1. The molecule has 1 aromatic heterocycles. The highest BCUT2D eigenvalue weighted by molar-refractivity contribution is 7.13. The Morgan fingerprint density at radius 3 is 2.52 bits per heavy atom. The van der Waals surface area contributed by atoms with Crippen LogP contribution in [-0.2, 0) is 9.59 Å². The molecule has 1 N–H and O–H groups in total. The molecule has 1 aromatic rings. The lowest BCUT2D eigenvalue weighted by Crippen LogP contribution is -2.38. The molecular formula is C17H29N3O2S. The topological polar surface area (TPSA) is 62.3 Å². The Bertz CT molecular complexity index is 449. The standard InChI is InChI=1S/C17H29N3O2S/c1-3-5-7-9-12-20(16(22)10-8-6-4-2)14-15(21)19-17-18-11-13-23-17/h11,13H,3-10,12,14H2,1-2H3,(H,18,19,21). The first kappa shape index (κ1) is 19.6. The third kappa shape index (κ3) is 8.69. The van der Waals surface area contributed by atoms with Crippen LogP contribution in [0.15, 0.2) is 11.6 Å². The van der Waals surface area contributed by atoms with Crippen LogP contribution in [0.5, 0.6) is 0 Å². The summed E-state index contributed by atoms with van der Waals surface area (Å²) in [6.07, 6.45) is 9.62. The SMILES string of the molecule is CCCCCCN(CC(=O)Nc1nccs1)C(=O)CCCCC. The van der Waals surface area contributed by atoms with Crippen molar-refractivity contribution in [1.82, 2.24) is 9.88 Å². The molecule has 6 heteroatoms. The van der Waals surface area contributed by atoms with E-state index in [0.29, 0.717) is 18.1 Å². The van der Waals surface area contributed by atoms with Crippen LogP contribution in [0.3, 0.4) is 0 Å². The van der Waals surface area contributed by atoms with Gasteiger partial charge in [-0.15, -0.1) is 11.3 Å². The van der Waals surface area contributed by atoms with Gasteiger partial charge in [-0.05, 0) is 12.8 Å². The fraction of sp³-hybridized carbons (Fsp3) is 0.706. The quantitative estimate of drug-likeness (QED) is 0.584. The average Bonchev–Trinajstić information content (AvgIpc) is 3.03. The van der Waals surface area contributed by atoms with Gasteiger partial charge in [0, 0.05) is 24.5 Å². The molecule has 5 nitrogen and oxygen atoms in total. The van der Waals surface area contributed by atoms with Crippen LogP contribution in [0.1, 0.15) is 65.2 Å². The highest BCUT2D eigenvalue weighted by Gasteiger charge is 2.17. The van der Waals surface area contributed by atoms with Crippen molar-refractivity contribution in [2.45, 2.75) is 65.2 Å². The van der Waals surface area contributed by atoms with Gasteiger partial charge in [0.05, 0.1) is 6.54 Å². The first-order chi connectivity index (χ1) is 11.2. The number of thiazole rings is 1. The molecule has 0 atom stereocenters. The molecule has 0 fully saturated rings. The summed E-state index contributed by atoms with van der Waals surface area (Å²) in [6.45, 7) is 5.07. The third-order valence-electron chi connectivity index (χ3n) is 3.64. The van der Waals surface area contributed by atoms with Crippen LogP contribution in [-0.4, -0.2) is 34.8 Å². The molecule has 23 heavy (non-hydrogen) atoms. The molecular weight excluding hydrogens is 310 g/mol. The second kappa shape index (κ2) is 12.0. The van der Waals surface area contributed by atoms with Gasteiger partial charge >= 0.3 is 0 Å². The Kier molecular flexibility index (Phi) is 10.3. The van der Waals surface area contributed by atoms with Crippen molar-refractivity contribution in [3.63, 3.8) is 0 Å². The first-order valence-electron chi connectivity index (χ1n) is 8.64. The van der Waals surface area contributed by atoms with Crippen LogP contribution < -0.4 is 5.32 Å². The molecule has 2 amide bonds. The van der Waals surface area contributed by atoms with Crippen molar-refractivity contribution in [2.75, 3.05) is 18.4 Å². The lowest BCUT2D eigenvalue weighted by molar-refractivity contribution is -0.134. The lowest BCUT2D eigenvalue weighted by Gasteiger charge is -2.22. The number of unbranched alkanes of at least 4 members (excludes halogenated alkanes) is 5. The van der Waals surface area contributed by atoms with Crippen molar-refractivity contribution in [3.8, 4) is 0 Å². The number of hydrogen-bond acceptors (Lipinski definition) is 4. The van der Waals surface area contributed by atoms with Crippen LogP contribution >= 0.6 is 11.3 Å². The number of rotatable bonds is 12. The lowest BCUT2D eigenvalue weighted by atomic mass is 10.1. The van der Waals surface area contributed by atoms with E-state index in [1.165, 1.54) is 17.8 Å². The number of amides is 2. The van der Waals surface area contributed by atoms with Gasteiger partial charge in [-0.3, -0.25) is 9.59 Å². The van der Waals surface area contributed by atoms with Gasteiger partial charge in [0.1, 0.15) is 0 Å². The number of nitrogens with zero attached hydrogens (tertiary/aromatic N) is 2. The van der Waals surface area contributed by atoms with Gasteiger partial charge in [-0.25, -0.2) is 4.98 Å². The Labute approximate surface area is 143 Å². The van der Waals surface area contributed by atoms with Crippen LogP contribution in [0.4, 0.5) is 5.13 Å². The maximum absolute atomic E-state index is 12.4. The maximum atomic E-state index is 12.4. The summed E-state index contributed by atoms with van der Waals surface area (Å²) < 4.78 is 0. The highest BCUT2D eigenvalue weighted by atomic mass is 32.1. The smallest absolute Gasteiger partial charge is 0.245 e. The third-order valence-corrected chi connectivity index (χ3v) is 4.33. The second-order valence-electron chi connectivity index (χ2n) is 5.72. The predicted octanol–water partition coefficient (Wildman–Crippen LogP) is 4.07. The number of anilines is 1. The molecule has 0 aliphatic carbocycles. The number of aromatic nitrogens is 1. The van der Waals surface area contributed by atoms with Gasteiger partial charge in [-0.2, -0.15) is 0 Å². The van der Waals surface area contributed by atoms with Gasteiger partial charge in [0.25, 0.3) is 0 Å². The van der Waals surface area contributed by atoms with Gasteiger partial charge in [0.2, 0.25) is 11.8 Å². The molecule has 0 saturated carbocycles. The zero-order valence-corrected chi connectivity index (χ0v) is 15.2. The summed E-state index contributed by atoms with van der Waals surface area (Å²) in [6, 6.07) is 0. The summed E-state index contributed by atoms with van der Waals surface area (Å²) in [5, 5.41) is 5.15. The molecule has 0 bridgehead atoms. The van der Waals surface area contributed by atoms with E-state index in [4.69, 9.17) is 0 Å². The molecule has 1 rings (SSSR count). The van der Waals surface area contributed by atoms with Gasteiger partial charge < -0.3 is 10.2 Å². The Balaban J connectivity index is 2.47. The van der Waals surface area contributed by atoms with Gasteiger partial charge in [0.15, 0.2) is 5.13 Å². The Morgan fingerprint density at radius 2 is 1.87 bits per heavy atom. The minimum absolute atomic E-state index is 0.0873. The monoisotopic (exact) mass is 339 g/mol. The number of carbonyl (C=O) groups is 2. The molecule has 130 valence electrons. The van der Waals surface area contributed by atoms with Crippen LogP contribution in [0.25, 0.3) is 0 Å². The van der Waals surface area contributed by atoms with Crippen molar-refractivity contribution in [1.29, 1.82) is 0 Å². The van der Waals surface area contributed by atoms with E-state index in [9.17, 15) is 9.59 Å². The maximum Gasteiger partial charge on any atom is 0.245 e. The number of carbonyl (C=O) groups excluding carboxylic acids is 2. The van der Waals surface area contributed by atoms with E-state index in [-0.39, 0.29) is 18.4 Å². The minimum Gasteiger partial charge on any atom is -0.333 e.